The quantitative estimate of drug-likeness (QED) is 0.681. The highest BCUT2D eigenvalue weighted by Gasteiger charge is 2.12. The predicted octanol–water partition coefficient (Wildman–Crippen LogP) is 4.53. The molecule has 0 spiro atoms. The lowest BCUT2D eigenvalue weighted by molar-refractivity contribution is 0.102. The van der Waals surface area contributed by atoms with Crippen molar-refractivity contribution in [2.45, 2.75) is 13.8 Å². The molecular weight excluding hydrogens is 328 g/mol. The summed E-state index contributed by atoms with van der Waals surface area (Å²) in [6, 6.07) is 16.8. The van der Waals surface area contributed by atoms with E-state index in [0.717, 1.165) is 5.69 Å². The highest BCUT2D eigenvalue weighted by molar-refractivity contribution is 6.05. The van der Waals surface area contributed by atoms with Crippen LogP contribution in [0, 0.1) is 0 Å². The summed E-state index contributed by atoms with van der Waals surface area (Å²) in [7, 11) is 0. The minimum absolute atomic E-state index is 0.196. The number of anilines is 1. The molecule has 0 fully saturated rings. The molecular formula is C21H22N2O3. The van der Waals surface area contributed by atoms with Gasteiger partial charge in [0.15, 0.2) is 0 Å². The van der Waals surface area contributed by atoms with Crippen molar-refractivity contribution in [3.63, 3.8) is 0 Å². The maximum Gasteiger partial charge on any atom is 0.255 e. The van der Waals surface area contributed by atoms with E-state index in [9.17, 15) is 4.79 Å². The third-order valence-corrected chi connectivity index (χ3v) is 3.84. The van der Waals surface area contributed by atoms with Crippen molar-refractivity contribution in [2.24, 2.45) is 0 Å². The van der Waals surface area contributed by atoms with Crippen LogP contribution in [0.1, 0.15) is 24.2 Å². The summed E-state index contributed by atoms with van der Waals surface area (Å²) in [5, 5.41) is 2.91. The van der Waals surface area contributed by atoms with Gasteiger partial charge in [-0.2, -0.15) is 0 Å². The number of carbonyl (C=O) groups is 1. The maximum atomic E-state index is 12.6. The largest absolute Gasteiger partial charge is 0.494 e. The molecule has 5 nitrogen and oxygen atoms in total. The summed E-state index contributed by atoms with van der Waals surface area (Å²) < 4.78 is 13.1. The molecule has 0 unspecified atom stereocenters. The third kappa shape index (κ3) is 4.06. The number of amides is 1. The summed E-state index contributed by atoms with van der Waals surface area (Å²) in [6.07, 6.45) is 3.92. The Hall–Kier alpha value is -3.21. The first-order chi connectivity index (χ1) is 12.7. The molecule has 1 aromatic heterocycles. The number of hydrogen-bond acceptors (Lipinski definition) is 3. The van der Waals surface area contributed by atoms with Gasteiger partial charge < -0.3 is 19.4 Å². The Morgan fingerprint density at radius 1 is 0.962 bits per heavy atom. The fraction of sp³-hybridized carbons (Fsp3) is 0.190. The van der Waals surface area contributed by atoms with Crippen molar-refractivity contribution >= 4 is 11.6 Å². The number of carbonyl (C=O) groups excluding carboxylic acids is 1. The zero-order valence-corrected chi connectivity index (χ0v) is 14.9. The van der Waals surface area contributed by atoms with Gasteiger partial charge in [0.25, 0.3) is 5.91 Å². The second kappa shape index (κ2) is 8.25. The van der Waals surface area contributed by atoms with Crippen LogP contribution in [0.2, 0.25) is 0 Å². The van der Waals surface area contributed by atoms with E-state index in [0.29, 0.717) is 36.0 Å². The first-order valence-corrected chi connectivity index (χ1v) is 8.65. The molecule has 0 aliphatic heterocycles. The molecule has 0 saturated heterocycles. The fourth-order valence-corrected chi connectivity index (χ4v) is 2.63. The number of nitrogens with one attached hydrogen (secondary N) is 1. The van der Waals surface area contributed by atoms with Crippen LogP contribution in [0.3, 0.4) is 0 Å². The smallest absolute Gasteiger partial charge is 0.255 e. The number of rotatable bonds is 7. The van der Waals surface area contributed by atoms with E-state index < -0.39 is 0 Å². The van der Waals surface area contributed by atoms with Crippen LogP contribution in [-0.2, 0) is 0 Å². The fourth-order valence-electron chi connectivity index (χ4n) is 2.63. The van der Waals surface area contributed by atoms with E-state index in [1.54, 1.807) is 24.3 Å². The normalized spacial score (nSPS) is 10.4. The van der Waals surface area contributed by atoms with Crippen molar-refractivity contribution < 1.29 is 14.3 Å². The Labute approximate surface area is 153 Å². The zero-order valence-electron chi connectivity index (χ0n) is 14.9. The van der Waals surface area contributed by atoms with Gasteiger partial charge in [-0.3, -0.25) is 4.79 Å². The third-order valence-electron chi connectivity index (χ3n) is 3.84. The molecule has 0 aliphatic carbocycles. The van der Waals surface area contributed by atoms with Crippen molar-refractivity contribution in [1.82, 2.24) is 4.57 Å². The summed E-state index contributed by atoms with van der Waals surface area (Å²) >= 11 is 0. The highest BCUT2D eigenvalue weighted by Crippen LogP contribution is 2.30. The molecule has 0 aliphatic rings. The van der Waals surface area contributed by atoms with Gasteiger partial charge in [0, 0.05) is 29.7 Å². The lowest BCUT2D eigenvalue weighted by Crippen LogP contribution is -2.13. The first kappa shape index (κ1) is 17.6. The summed E-state index contributed by atoms with van der Waals surface area (Å²) in [6.45, 7) is 4.90. The van der Waals surface area contributed by atoms with Crippen molar-refractivity contribution in [2.75, 3.05) is 18.5 Å². The molecule has 134 valence electrons. The Morgan fingerprint density at radius 2 is 1.65 bits per heavy atom. The van der Waals surface area contributed by atoms with E-state index in [4.69, 9.17) is 9.47 Å². The molecule has 3 aromatic rings. The lowest BCUT2D eigenvalue weighted by atomic mass is 10.2. The molecule has 5 heteroatoms. The van der Waals surface area contributed by atoms with Crippen molar-refractivity contribution in [1.29, 1.82) is 0 Å². The predicted molar refractivity (Wildman–Crippen MR) is 103 cm³/mol. The number of aromatic nitrogens is 1. The minimum atomic E-state index is -0.196. The van der Waals surface area contributed by atoms with Gasteiger partial charge in [-0.1, -0.05) is 0 Å². The van der Waals surface area contributed by atoms with Crippen LogP contribution in [-0.4, -0.2) is 23.7 Å². The highest BCUT2D eigenvalue weighted by atomic mass is 16.5. The molecule has 0 saturated carbocycles. The minimum Gasteiger partial charge on any atom is -0.494 e. The molecule has 1 heterocycles. The first-order valence-electron chi connectivity index (χ1n) is 8.65. The lowest BCUT2D eigenvalue weighted by Gasteiger charge is -2.14. The molecule has 1 amide bonds. The number of benzene rings is 2. The monoisotopic (exact) mass is 350 g/mol. The summed E-state index contributed by atoms with van der Waals surface area (Å²) in [5.41, 5.74) is 2.17. The van der Waals surface area contributed by atoms with Gasteiger partial charge in [-0.15, -0.1) is 0 Å². The Balaban J connectivity index is 1.79. The van der Waals surface area contributed by atoms with Crippen LogP contribution in [0.5, 0.6) is 11.5 Å². The molecule has 0 bridgehead atoms. The van der Waals surface area contributed by atoms with Gasteiger partial charge in [0.2, 0.25) is 0 Å². The second-order valence-corrected chi connectivity index (χ2v) is 5.62. The maximum absolute atomic E-state index is 12.6. The Bertz CT molecular complexity index is 855. The Kier molecular flexibility index (Phi) is 5.59. The van der Waals surface area contributed by atoms with E-state index in [-0.39, 0.29) is 5.91 Å². The van der Waals surface area contributed by atoms with E-state index in [1.807, 2.05) is 61.1 Å². The van der Waals surface area contributed by atoms with Crippen LogP contribution in [0.25, 0.3) is 5.69 Å². The molecule has 3 rings (SSSR count). The van der Waals surface area contributed by atoms with Crippen molar-refractivity contribution in [3.05, 3.63) is 72.6 Å². The van der Waals surface area contributed by atoms with Crippen molar-refractivity contribution in [3.8, 4) is 17.2 Å². The van der Waals surface area contributed by atoms with E-state index in [1.165, 1.54) is 0 Å². The molecule has 0 atom stereocenters. The van der Waals surface area contributed by atoms with E-state index in [2.05, 4.69) is 5.32 Å². The second-order valence-electron chi connectivity index (χ2n) is 5.62. The van der Waals surface area contributed by atoms with Crippen LogP contribution in [0.4, 0.5) is 5.69 Å². The van der Waals surface area contributed by atoms with Gasteiger partial charge in [0.1, 0.15) is 11.5 Å². The number of nitrogens with zero attached hydrogens (tertiary/aromatic N) is 1. The SMILES string of the molecule is CCOc1ccc(OCC)c(NC(=O)c2ccc(-n3cccc3)cc2)c1. The molecule has 1 N–H and O–H groups in total. The van der Waals surface area contributed by atoms with Gasteiger partial charge in [-0.05, 0) is 62.4 Å². The molecule has 0 radical (unpaired) electrons. The molecule has 26 heavy (non-hydrogen) atoms. The number of ether oxygens (including phenoxy) is 2. The Morgan fingerprint density at radius 3 is 2.31 bits per heavy atom. The van der Waals surface area contributed by atoms with Gasteiger partial charge in [0.05, 0.1) is 18.9 Å². The molecule has 2 aromatic carbocycles. The zero-order chi connectivity index (χ0) is 18.4. The number of hydrogen-bond donors (Lipinski definition) is 1. The standard InChI is InChI=1S/C21H22N2O3/c1-3-25-18-11-12-20(26-4-2)19(15-18)22-21(24)16-7-9-17(10-8-16)23-13-5-6-14-23/h5-15H,3-4H2,1-2H3,(H,22,24). The van der Waals surface area contributed by atoms with Crippen LogP contribution in [0.15, 0.2) is 67.0 Å². The average Bonchev–Trinajstić information content (AvgIpc) is 3.19. The topological polar surface area (TPSA) is 52.5 Å². The summed E-state index contributed by atoms with van der Waals surface area (Å²) in [5.74, 6) is 1.11. The summed E-state index contributed by atoms with van der Waals surface area (Å²) in [4.78, 5) is 12.6. The van der Waals surface area contributed by atoms with E-state index >= 15 is 0 Å². The van der Waals surface area contributed by atoms with Gasteiger partial charge >= 0.3 is 0 Å². The van der Waals surface area contributed by atoms with Crippen LogP contribution >= 0.6 is 0 Å². The van der Waals surface area contributed by atoms with Gasteiger partial charge in [-0.25, -0.2) is 0 Å². The average molecular weight is 350 g/mol. The van der Waals surface area contributed by atoms with Crippen LogP contribution < -0.4 is 14.8 Å².